The standard InChI is InChI=1S/C24H20F3N5O3S.2H2/c1-3-11-34-31-22(33)20-14-17(9-10-28-20)35-16-7-8-21-19(13-16)30-23(32(21)2)29-15-5-4-6-18(12-15)36-24(25,26)27;;/h3-10,12-14H,1,11H2,2H3,(H,29,30)(H,31,33);2*1H. The lowest BCUT2D eigenvalue weighted by Crippen LogP contribution is -2.24. The average Bonchev–Trinajstić information content (AvgIpc) is 3.13. The Kier molecular flexibility index (Phi) is 7.46. The normalized spacial score (nSPS) is 11.3. The highest BCUT2D eigenvalue weighted by atomic mass is 32.2. The Labute approximate surface area is 211 Å². The van der Waals surface area contributed by atoms with Crippen molar-refractivity contribution >= 4 is 40.3 Å². The lowest BCUT2D eigenvalue weighted by molar-refractivity contribution is -0.0328. The van der Waals surface area contributed by atoms with Crippen molar-refractivity contribution in [1.82, 2.24) is 20.0 Å². The molecule has 2 heterocycles. The number of imidazole rings is 1. The van der Waals surface area contributed by atoms with E-state index in [-0.39, 0.29) is 31.8 Å². The molecule has 0 atom stereocenters. The van der Waals surface area contributed by atoms with Crippen molar-refractivity contribution < 1.29 is 30.4 Å². The largest absolute Gasteiger partial charge is 0.457 e. The third-order valence-electron chi connectivity index (χ3n) is 4.74. The summed E-state index contributed by atoms with van der Waals surface area (Å²) in [6, 6.07) is 14.3. The number of anilines is 2. The van der Waals surface area contributed by atoms with Crippen LogP contribution < -0.4 is 15.5 Å². The van der Waals surface area contributed by atoms with Gasteiger partial charge in [0.05, 0.1) is 17.6 Å². The SMILES string of the molecule is C=CCONC(=O)c1cc(Oc2ccc3c(c2)nc(Nc2cccc(SC(F)(F)F)c2)n3C)ccn1.[HH].[HH]. The number of hydroxylamine groups is 1. The summed E-state index contributed by atoms with van der Waals surface area (Å²) in [5.74, 6) is 0.761. The van der Waals surface area contributed by atoms with Crippen LogP contribution in [0.5, 0.6) is 11.5 Å². The van der Waals surface area contributed by atoms with Gasteiger partial charge in [-0.1, -0.05) is 12.1 Å². The molecule has 0 aliphatic heterocycles. The Morgan fingerprint density at radius 3 is 2.78 bits per heavy atom. The van der Waals surface area contributed by atoms with E-state index in [0.717, 1.165) is 5.52 Å². The first-order chi connectivity index (χ1) is 17.2. The van der Waals surface area contributed by atoms with Gasteiger partial charge < -0.3 is 14.6 Å². The molecule has 8 nitrogen and oxygen atoms in total. The van der Waals surface area contributed by atoms with Gasteiger partial charge in [-0.05, 0) is 48.2 Å². The lowest BCUT2D eigenvalue weighted by atomic mass is 10.3. The molecule has 1 amide bonds. The minimum atomic E-state index is -4.37. The maximum atomic E-state index is 12.7. The second kappa shape index (κ2) is 10.7. The van der Waals surface area contributed by atoms with E-state index in [9.17, 15) is 18.0 Å². The third kappa shape index (κ3) is 6.34. The fraction of sp³-hybridized carbons (Fsp3) is 0.125. The van der Waals surface area contributed by atoms with Crippen molar-refractivity contribution in [3.63, 3.8) is 0 Å². The van der Waals surface area contributed by atoms with Crippen molar-refractivity contribution in [2.45, 2.75) is 10.4 Å². The number of carbonyl (C=O) groups excluding carboxylic acids is 1. The van der Waals surface area contributed by atoms with Gasteiger partial charge in [-0.15, -0.1) is 6.58 Å². The molecule has 4 rings (SSSR count). The zero-order chi connectivity index (χ0) is 25.7. The summed E-state index contributed by atoms with van der Waals surface area (Å²) in [6.45, 7) is 3.65. The maximum absolute atomic E-state index is 12.7. The van der Waals surface area contributed by atoms with Gasteiger partial charge in [-0.25, -0.2) is 10.5 Å². The molecule has 0 aliphatic carbocycles. The number of halogens is 3. The van der Waals surface area contributed by atoms with Gasteiger partial charge in [0.25, 0.3) is 5.91 Å². The minimum Gasteiger partial charge on any atom is -0.457 e. The number of ether oxygens (including phenoxy) is 1. The summed E-state index contributed by atoms with van der Waals surface area (Å²) < 4.78 is 45.8. The van der Waals surface area contributed by atoms with Crippen LogP contribution in [0.15, 0.2) is 78.3 Å². The fourth-order valence-electron chi connectivity index (χ4n) is 3.21. The first kappa shape index (κ1) is 25.1. The molecular formula is C24H24F3N5O3S. The smallest absolute Gasteiger partial charge is 0.446 e. The number of alkyl halides is 3. The van der Waals surface area contributed by atoms with Crippen LogP contribution in [0.25, 0.3) is 11.0 Å². The number of pyridine rings is 1. The van der Waals surface area contributed by atoms with Gasteiger partial charge in [0.1, 0.15) is 17.2 Å². The number of aryl methyl sites for hydroxylation is 1. The van der Waals surface area contributed by atoms with Crippen LogP contribution in [0.4, 0.5) is 24.8 Å². The predicted molar refractivity (Wildman–Crippen MR) is 135 cm³/mol. The summed E-state index contributed by atoms with van der Waals surface area (Å²) in [4.78, 5) is 25.7. The Morgan fingerprint density at radius 2 is 2.00 bits per heavy atom. The van der Waals surface area contributed by atoms with Gasteiger partial charge in [0.2, 0.25) is 5.95 Å². The maximum Gasteiger partial charge on any atom is 0.446 e. The number of benzene rings is 2. The summed E-state index contributed by atoms with van der Waals surface area (Å²) in [7, 11) is 1.79. The first-order valence-corrected chi connectivity index (χ1v) is 11.3. The number of nitrogens with zero attached hydrogens (tertiary/aromatic N) is 3. The molecule has 2 aromatic heterocycles. The molecule has 0 saturated carbocycles. The van der Waals surface area contributed by atoms with Gasteiger partial charge in [-0.2, -0.15) is 13.2 Å². The molecule has 2 aromatic carbocycles. The molecule has 190 valence electrons. The second-order valence-electron chi connectivity index (χ2n) is 7.36. The molecule has 0 spiro atoms. The number of thioether (sulfide) groups is 1. The summed E-state index contributed by atoms with van der Waals surface area (Å²) >= 11 is -0.179. The highest BCUT2D eigenvalue weighted by molar-refractivity contribution is 8.00. The first-order valence-electron chi connectivity index (χ1n) is 10.5. The second-order valence-corrected chi connectivity index (χ2v) is 8.49. The van der Waals surface area contributed by atoms with Gasteiger partial charge in [-0.3, -0.25) is 14.6 Å². The fourth-order valence-corrected chi connectivity index (χ4v) is 3.81. The van der Waals surface area contributed by atoms with E-state index in [1.54, 1.807) is 48.0 Å². The third-order valence-corrected chi connectivity index (χ3v) is 5.46. The highest BCUT2D eigenvalue weighted by Crippen LogP contribution is 2.38. The van der Waals surface area contributed by atoms with E-state index >= 15 is 0 Å². The molecular weight excluding hydrogens is 495 g/mol. The number of fused-ring (bicyclic) bond motifs is 1. The number of amides is 1. The number of aromatic nitrogens is 3. The van der Waals surface area contributed by atoms with Crippen LogP contribution in [0.2, 0.25) is 0 Å². The highest BCUT2D eigenvalue weighted by Gasteiger charge is 2.29. The van der Waals surface area contributed by atoms with E-state index in [1.807, 2.05) is 0 Å². The molecule has 0 unspecified atom stereocenters. The monoisotopic (exact) mass is 519 g/mol. The molecule has 0 bridgehead atoms. The van der Waals surface area contributed by atoms with Crippen LogP contribution in [-0.2, 0) is 11.9 Å². The van der Waals surface area contributed by atoms with Crippen LogP contribution in [0.3, 0.4) is 0 Å². The Bertz CT molecular complexity index is 1420. The average molecular weight is 520 g/mol. The van der Waals surface area contributed by atoms with E-state index in [0.29, 0.717) is 28.7 Å². The molecule has 0 saturated heterocycles. The molecule has 12 heteroatoms. The zero-order valence-electron chi connectivity index (χ0n) is 18.9. The number of rotatable bonds is 9. The van der Waals surface area contributed by atoms with Crippen molar-refractivity contribution in [2.24, 2.45) is 7.05 Å². The van der Waals surface area contributed by atoms with Gasteiger partial charge in [0.15, 0.2) is 0 Å². The van der Waals surface area contributed by atoms with Crippen molar-refractivity contribution in [2.75, 3.05) is 11.9 Å². The van der Waals surface area contributed by atoms with Gasteiger partial charge >= 0.3 is 5.51 Å². The molecule has 0 aliphatic rings. The van der Waals surface area contributed by atoms with Crippen LogP contribution in [0.1, 0.15) is 13.3 Å². The minimum absolute atomic E-state index is 0. The topological polar surface area (TPSA) is 90.3 Å². The lowest BCUT2D eigenvalue weighted by Gasteiger charge is -2.09. The van der Waals surface area contributed by atoms with Gasteiger partial charge in [0, 0.05) is 38.8 Å². The molecule has 0 radical (unpaired) electrons. The number of nitrogens with one attached hydrogen (secondary N) is 2. The predicted octanol–water partition coefficient (Wildman–Crippen LogP) is 6.46. The Morgan fingerprint density at radius 1 is 1.19 bits per heavy atom. The molecule has 36 heavy (non-hydrogen) atoms. The summed E-state index contributed by atoms with van der Waals surface area (Å²) in [5, 5.41) is 3.06. The Balaban J connectivity index is 0.00000253. The van der Waals surface area contributed by atoms with E-state index in [4.69, 9.17) is 9.57 Å². The quantitative estimate of drug-likeness (QED) is 0.114. The Hall–Kier alpha value is -4.03. The molecule has 4 aromatic rings. The van der Waals surface area contributed by atoms with E-state index < -0.39 is 11.4 Å². The van der Waals surface area contributed by atoms with E-state index in [1.165, 1.54) is 30.5 Å². The number of hydrogen-bond donors (Lipinski definition) is 2. The van der Waals surface area contributed by atoms with Crippen LogP contribution in [-0.4, -0.2) is 32.6 Å². The van der Waals surface area contributed by atoms with E-state index in [2.05, 4.69) is 27.3 Å². The molecule has 0 fully saturated rings. The van der Waals surface area contributed by atoms with Crippen molar-refractivity contribution in [3.05, 3.63) is 79.1 Å². The van der Waals surface area contributed by atoms with Crippen molar-refractivity contribution in [1.29, 1.82) is 0 Å². The van der Waals surface area contributed by atoms with Crippen LogP contribution in [0, 0.1) is 0 Å². The summed E-state index contributed by atoms with van der Waals surface area (Å²) in [6.07, 6.45) is 2.93. The zero-order valence-corrected chi connectivity index (χ0v) is 19.7. The summed E-state index contributed by atoms with van der Waals surface area (Å²) in [5.41, 5.74) is -0.162. The number of hydrogen-bond acceptors (Lipinski definition) is 7. The molecule has 2 N–H and O–H groups in total. The number of carbonyl (C=O) groups is 1. The van der Waals surface area contributed by atoms with Crippen molar-refractivity contribution in [3.8, 4) is 11.5 Å². The van der Waals surface area contributed by atoms with Crippen LogP contribution >= 0.6 is 11.8 Å².